The molecule has 0 saturated carbocycles. The first-order valence-electron chi connectivity index (χ1n) is 19.8. The van der Waals surface area contributed by atoms with Gasteiger partial charge in [-0.2, -0.15) is 0 Å². The summed E-state index contributed by atoms with van der Waals surface area (Å²) in [5, 5.41) is 0. The Morgan fingerprint density at radius 3 is 1.53 bits per heavy atom. The second-order valence-corrected chi connectivity index (χ2v) is 14.3. The second kappa shape index (κ2) is 27.2. The molecule has 2 saturated heterocycles. The quantitative estimate of drug-likeness (QED) is 0.0444. The van der Waals surface area contributed by atoms with Gasteiger partial charge in [0.1, 0.15) is 12.7 Å². The zero-order valence-electron chi connectivity index (χ0n) is 30.6. The molecule has 0 amide bonds. The van der Waals surface area contributed by atoms with Gasteiger partial charge >= 0.3 is 17.9 Å². The Morgan fingerprint density at radius 2 is 1.09 bits per heavy atom. The lowest BCUT2D eigenvalue weighted by molar-refractivity contribution is -0.168. The monoisotopic (exact) mass is 666 g/mol. The summed E-state index contributed by atoms with van der Waals surface area (Å²) >= 11 is 0. The van der Waals surface area contributed by atoms with Crippen LogP contribution in [0.1, 0.15) is 174 Å². The molecule has 2 fully saturated rings. The maximum absolute atomic E-state index is 12.9. The van der Waals surface area contributed by atoms with Crippen LogP contribution >= 0.6 is 0 Å². The van der Waals surface area contributed by atoms with Crippen molar-refractivity contribution in [1.82, 2.24) is 4.90 Å². The van der Waals surface area contributed by atoms with E-state index in [9.17, 15) is 14.4 Å². The molecule has 8 heteroatoms. The molecule has 4 atom stereocenters. The van der Waals surface area contributed by atoms with E-state index in [1.807, 2.05) is 7.05 Å². The van der Waals surface area contributed by atoms with Crippen molar-refractivity contribution in [2.45, 2.75) is 193 Å². The van der Waals surface area contributed by atoms with E-state index in [0.29, 0.717) is 19.4 Å². The fourth-order valence-electron chi connectivity index (χ4n) is 6.76. The predicted molar refractivity (Wildman–Crippen MR) is 188 cm³/mol. The number of hydrogen-bond acceptors (Lipinski definition) is 8. The molecule has 0 aromatic carbocycles. The van der Waals surface area contributed by atoms with E-state index in [2.05, 4.69) is 18.7 Å². The van der Waals surface area contributed by atoms with Crippen molar-refractivity contribution < 1.29 is 33.3 Å². The minimum Gasteiger partial charge on any atom is -0.463 e. The van der Waals surface area contributed by atoms with Crippen molar-refractivity contribution in [2.24, 2.45) is 5.92 Å². The van der Waals surface area contributed by atoms with Gasteiger partial charge in [-0.15, -0.1) is 0 Å². The van der Waals surface area contributed by atoms with E-state index < -0.39 is 18.3 Å². The number of likely N-dealkylation sites (tertiary alicyclic amines) is 1. The third-order valence-corrected chi connectivity index (χ3v) is 9.84. The smallest absolute Gasteiger partial charge is 0.310 e. The van der Waals surface area contributed by atoms with Crippen molar-refractivity contribution in [3.05, 3.63) is 0 Å². The van der Waals surface area contributed by atoms with Gasteiger partial charge < -0.3 is 23.8 Å². The summed E-state index contributed by atoms with van der Waals surface area (Å²) in [5.74, 6) is -0.993. The Kier molecular flexibility index (Phi) is 24.0. The average Bonchev–Trinajstić information content (AvgIpc) is 3.66. The lowest BCUT2D eigenvalue weighted by Crippen LogP contribution is -2.40. The number of carbonyl (C=O) groups excluding carboxylic acids is 3. The molecule has 2 heterocycles. The van der Waals surface area contributed by atoms with E-state index in [1.54, 1.807) is 0 Å². The van der Waals surface area contributed by atoms with Crippen LogP contribution in [0.2, 0.25) is 0 Å². The molecule has 1 unspecified atom stereocenters. The van der Waals surface area contributed by atoms with E-state index in [1.165, 1.54) is 103 Å². The van der Waals surface area contributed by atoms with E-state index in [4.69, 9.17) is 18.9 Å². The second-order valence-electron chi connectivity index (χ2n) is 14.3. The van der Waals surface area contributed by atoms with Crippen LogP contribution in [0, 0.1) is 5.92 Å². The van der Waals surface area contributed by atoms with Gasteiger partial charge in [-0.25, -0.2) is 0 Å². The normalized spacial score (nSPS) is 21.3. The summed E-state index contributed by atoms with van der Waals surface area (Å²) in [4.78, 5) is 40.4. The lowest BCUT2D eigenvalue weighted by atomic mass is 10.1. The molecule has 0 spiro atoms. The number of nitrogens with zero attached hydrogens (tertiary/aromatic N) is 1. The summed E-state index contributed by atoms with van der Waals surface area (Å²) in [7, 11) is 1.99. The molecule has 2 aliphatic rings. The first-order chi connectivity index (χ1) is 22.9. The summed E-state index contributed by atoms with van der Waals surface area (Å²) in [6.45, 7) is 6.17. The summed E-state index contributed by atoms with van der Waals surface area (Å²) in [6, 6.07) is 0. The van der Waals surface area contributed by atoms with Crippen LogP contribution in [0.25, 0.3) is 0 Å². The highest BCUT2D eigenvalue weighted by Gasteiger charge is 2.44. The van der Waals surface area contributed by atoms with Crippen molar-refractivity contribution in [3.8, 4) is 0 Å². The first-order valence-corrected chi connectivity index (χ1v) is 19.8. The topological polar surface area (TPSA) is 91.4 Å². The molecule has 47 heavy (non-hydrogen) atoms. The SMILES string of the molecule is CCCCCCCCCCCCCC(=O)O[C@@H]1[C@@H](OC(=O)CCCCCCCCCCCCC)CO[C@@H]1COC(=O)C1CCN(C)C1. The van der Waals surface area contributed by atoms with Gasteiger partial charge in [0.25, 0.3) is 0 Å². The Bertz CT molecular complexity index is 821. The van der Waals surface area contributed by atoms with Crippen LogP contribution in [-0.4, -0.2) is 74.5 Å². The van der Waals surface area contributed by atoms with Gasteiger partial charge in [-0.05, 0) is 32.9 Å². The fourth-order valence-corrected chi connectivity index (χ4v) is 6.76. The van der Waals surface area contributed by atoms with Gasteiger partial charge in [-0.3, -0.25) is 14.4 Å². The van der Waals surface area contributed by atoms with Gasteiger partial charge in [0, 0.05) is 19.4 Å². The highest BCUT2D eigenvalue weighted by molar-refractivity contribution is 5.73. The van der Waals surface area contributed by atoms with Gasteiger partial charge in [0.2, 0.25) is 0 Å². The van der Waals surface area contributed by atoms with Gasteiger partial charge in [-0.1, -0.05) is 142 Å². The molecule has 0 bridgehead atoms. The summed E-state index contributed by atoms with van der Waals surface area (Å²) in [6.07, 6.45) is 26.1. The standard InChI is InChI=1S/C39H71NO7/c1-4-6-8-10-12-14-16-18-20-22-24-26-36(41)46-35-32-44-34(31-45-39(43)33-28-29-40(3)30-33)38(35)47-37(42)27-25-23-21-19-17-15-13-11-9-7-5-2/h33-35,38H,4-32H2,1-3H3/t33?,34-,35+,38+/m1/s1. The first kappa shape index (κ1) is 41.5. The summed E-state index contributed by atoms with van der Waals surface area (Å²) < 4.78 is 23.2. The molecule has 2 rings (SSSR count). The van der Waals surface area contributed by atoms with E-state index in [0.717, 1.165) is 51.5 Å². The number of carbonyl (C=O) groups is 3. The average molecular weight is 666 g/mol. The Hall–Kier alpha value is -1.67. The Morgan fingerprint density at radius 1 is 0.638 bits per heavy atom. The van der Waals surface area contributed by atoms with E-state index in [-0.39, 0.29) is 37.0 Å². The minimum absolute atomic E-state index is 0.0118. The van der Waals surface area contributed by atoms with E-state index >= 15 is 0 Å². The molecule has 0 radical (unpaired) electrons. The van der Waals surface area contributed by atoms with Crippen LogP contribution in [0.5, 0.6) is 0 Å². The Labute approximate surface area is 287 Å². The maximum Gasteiger partial charge on any atom is 0.310 e. The minimum atomic E-state index is -0.768. The van der Waals surface area contributed by atoms with Crippen LogP contribution in [0.4, 0.5) is 0 Å². The molecule has 0 aromatic heterocycles. The van der Waals surface area contributed by atoms with Crippen molar-refractivity contribution in [2.75, 3.05) is 33.4 Å². The van der Waals surface area contributed by atoms with Gasteiger partial charge in [0.05, 0.1) is 12.5 Å². The molecule has 8 nitrogen and oxygen atoms in total. The Balaban J connectivity index is 1.70. The van der Waals surface area contributed by atoms with Crippen LogP contribution < -0.4 is 0 Å². The lowest BCUT2D eigenvalue weighted by Gasteiger charge is -2.23. The maximum atomic E-state index is 12.9. The predicted octanol–water partition coefficient (Wildman–Crippen LogP) is 9.11. The van der Waals surface area contributed by atoms with Crippen molar-refractivity contribution in [1.29, 1.82) is 0 Å². The number of hydrogen-bond donors (Lipinski definition) is 0. The molecule has 274 valence electrons. The third-order valence-electron chi connectivity index (χ3n) is 9.84. The number of unbranched alkanes of at least 4 members (excludes halogenated alkanes) is 20. The fraction of sp³-hybridized carbons (Fsp3) is 0.923. The van der Waals surface area contributed by atoms with Crippen molar-refractivity contribution in [3.63, 3.8) is 0 Å². The largest absolute Gasteiger partial charge is 0.463 e. The number of rotatable bonds is 29. The number of esters is 3. The molecule has 0 N–H and O–H groups in total. The summed E-state index contributed by atoms with van der Waals surface area (Å²) in [5.41, 5.74) is 0. The van der Waals surface area contributed by atoms with Crippen molar-refractivity contribution >= 4 is 17.9 Å². The molecule has 0 aliphatic carbocycles. The molecule has 0 aromatic rings. The highest BCUT2D eigenvalue weighted by atomic mass is 16.6. The van der Waals surface area contributed by atoms with Crippen LogP contribution in [0.15, 0.2) is 0 Å². The third kappa shape index (κ3) is 19.8. The highest BCUT2D eigenvalue weighted by Crippen LogP contribution is 2.25. The zero-order chi connectivity index (χ0) is 34.0. The van der Waals surface area contributed by atoms with Gasteiger partial charge in [0.15, 0.2) is 12.2 Å². The number of ether oxygens (including phenoxy) is 4. The molecule has 2 aliphatic heterocycles. The zero-order valence-corrected chi connectivity index (χ0v) is 30.6. The van der Waals surface area contributed by atoms with Crippen LogP contribution in [0.3, 0.4) is 0 Å². The van der Waals surface area contributed by atoms with Crippen LogP contribution in [-0.2, 0) is 33.3 Å². The molecular formula is C39H71NO7. The molecular weight excluding hydrogens is 594 g/mol.